The Bertz CT molecular complexity index is 2970. The van der Waals surface area contributed by atoms with E-state index in [1.165, 1.54) is 132 Å². The molecule has 6 aromatic rings. The summed E-state index contributed by atoms with van der Waals surface area (Å²) in [5.41, 5.74) is 23.2. The summed E-state index contributed by atoms with van der Waals surface area (Å²) in [5.74, 6) is 0. The van der Waals surface area contributed by atoms with Gasteiger partial charge < -0.3 is 9.80 Å². The molecule has 3 heterocycles. The van der Waals surface area contributed by atoms with Crippen LogP contribution >= 0.6 is 11.3 Å². The highest BCUT2D eigenvalue weighted by Crippen LogP contribution is 2.59. The van der Waals surface area contributed by atoms with Gasteiger partial charge in [-0.1, -0.05) is 128 Å². The Morgan fingerprint density at radius 3 is 1.63 bits per heavy atom. The van der Waals surface area contributed by atoms with Gasteiger partial charge in [-0.2, -0.15) is 0 Å². The molecule has 6 aliphatic rings. The van der Waals surface area contributed by atoms with Crippen LogP contribution in [-0.4, -0.2) is 6.71 Å². The maximum atomic E-state index is 2.76. The van der Waals surface area contributed by atoms with Gasteiger partial charge in [-0.3, -0.25) is 0 Å². The fraction of sp³-hybridized carbons (Fsp3) is 0.475. The zero-order chi connectivity index (χ0) is 46.3. The summed E-state index contributed by atoms with van der Waals surface area (Å²) in [6, 6.07) is 33.1. The third kappa shape index (κ3) is 6.37. The summed E-state index contributed by atoms with van der Waals surface area (Å²) in [7, 11) is 0. The molecule has 65 heavy (non-hydrogen) atoms. The predicted molar refractivity (Wildman–Crippen MR) is 285 cm³/mol. The van der Waals surface area contributed by atoms with Crippen molar-refractivity contribution in [2.24, 2.45) is 0 Å². The lowest BCUT2D eigenvalue weighted by molar-refractivity contribution is 0.188. The van der Waals surface area contributed by atoms with Gasteiger partial charge in [-0.25, -0.2) is 0 Å². The summed E-state index contributed by atoms with van der Waals surface area (Å²) in [5, 5.41) is 1.44. The summed E-state index contributed by atoms with van der Waals surface area (Å²) < 4.78 is 2.94. The van der Waals surface area contributed by atoms with Crippen LogP contribution in [0, 0.1) is 6.92 Å². The molecule has 0 radical (unpaired) electrons. The molecule has 2 nitrogen and oxygen atoms in total. The minimum atomic E-state index is -0.0103. The first kappa shape index (κ1) is 43.3. The summed E-state index contributed by atoms with van der Waals surface area (Å²) in [6.07, 6.45) is 7.57. The molecule has 4 heteroatoms. The maximum Gasteiger partial charge on any atom is 0.264 e. The van der Waals surface area contributed by atoms with Gasteiger partial charge in [0.05, 0.1) is 5.69 Å². The van der Waals surface area contributed by atoms with Crippen LogP contribution in [-0.2, 0) is 37.9 Å². The molecule has 0 atom stereocenters. The highest BCUT2D eigenvalue weighted by atomic mass is 32.1. The van der Waals surface area contributed by atoms with Gasteiger partial charge in [-0.15, -0.1) is 11.3 Å². The van der Waals surface area contributed by atoms with Crippen LogP contribution in [0.1, 0.15) is 187 Å². The number of nitrogens with zero attached hydrogens (tertiary/aromatic N) is 2. The zero-order valence-corrected chi connectivity index (χ0v) is 43.4. The number of rotatable bonds is 2. The molecular weight excluding hydrogens is 804 g/mol. The Kier molecular flexibility index (Phi) is 8.96. The second kappa shape index (κ2) is 13.5. The number of hydrogen-bond acceptors (Lipinski definition) is 3. The third-order valence-corrected chi connectivity index (χ3v) is 18.8. The minimum Gasteiger partial charge on any atom is -0.311 e. The van der Waals surface area contributed by atoms with E-state index in [0.717, 1.165) is 0 Å². The molecule has 0 amide bonds. The minimum absolute atomic E-state index is 0.00156. The Morgan fingerprint density at radius 2 is 1.05 bits per heavy atom. The second-order valence-electron chi connectivity index (χ2n) is 26.4. The molecule has 0 saturated heterocycles. The van der Waals surface area contributed by atoms with Crippen LogP contribution in [0.5, 0.6) is 0 Å². The van der Waals surface area contributed by atoms with Crippen LogP contribution in [0.4, 0.5) is 34.1 Å². The standard InChI is InChI=1S/C61H73BN2S/c1-36-27-49-52-50(28-36)64(40-18-19-43-44(33-40)59(13,14)22-21-58(43,11)12)53-42-34-45-46(61(16)25-23-60(45,15)24-26-61)35-51(42)65-54(53)62(52)47-32-37(55(2,3)4)17-20-48(47)63(49)41-30-38(56(5,6)7)29-39(31-41)57(8,9)10/h17-20,27-35H,21-26H2,1-16H3. The van der Waals surface area contributed by atoms with Crippen molar-refractivity contribution in [3.05, 3.63) is 123 Å². The number of thiophene rings is 1. The zero-order valence-electron chi connectivity index (χ0n) is 42.6. The van der Waals surface area contributed by atoms with E-state index >= 15 is 0 Å². The Balaban J connectivity index is 1.27. The molecule has 0 unspecified atom stereocenters. The third-order valence-electron chi connectivity index (χ3n) is 17.6. The average Bonchev–Trinajstić information content (AvgIpc) is 3.59. The summed E-state index contributed by atoms with van der Waals surface area (Å²) in [4.78, 5) is 5.43. The van der Waals surface area contributed by atoms with E-state index in [1.54, 1.807) is 11.1 Å². The first-order valence-electron chi connectivity index (χ1n) is 25.0. The predicted octanol–water partition coefficient (Wildman–Crippen LogP) is 15.6. The lowest BCUT2D eigenvalue weighted by Crippen LogP contribution is -2.60. The van der Waals surface area contributed by atoms with Crippen LogP contribution in [0.15, 0.2) is 78.9 Å². The maximum absolute atomic E-state index is 2.76. The Morgan fingerprint density at radius 1 is 0.492 bits per heavy atom. The Labute approximate surface area is 396 Å². The molecule has 1 saturated carbocycles. The highest BCUT2D eigenvalue weighted by molar-refractivity contribution is 7.33. The quantitative estimate of drug-likeness (QED) is 0.160. The molecule has 5 aromatic carbocycles. The van der Waals surface area contributed by atoms with Crippen LogP contribution < -0.4 is 25.5 Å². The highest BCUT2D eigenvalue weighted by Gasteiger charge is 2.50. The largest absolute Gasteiger partial charge is 0.311 e. The average molecular weight is 877 g/mol. The molecule has 0 spiro atoms. The molecule has 1 fully saturated rings. The van der Waals surface area contributed by atoms with E-state index in [2.05, 4.69) is 211 Å². The van der Waals surface area contributed by atoms with E-state index in [1.807, 2.05) is 0 Å². The molecule has 0 N–H and O–H groups in total. The Hall–Kier alpha value is -4.28. The lowest BCUT2D eigenvalue weighted by atomic mass is 9.36. The van der Waals surface area contributed by atoms with E-state index < -0.39 is 0 Å². The van der Waals surface area contributed by atoms with Crippen molar-refractivity contribution in [3.8, 4) is 0 Å². The molecule has 2 aliphatic heterocycles. The van der Waals surface area contributed by atoms with Crippen molar-refractivity contribution in [2.75, 3.05) is 9.80 Å². The van der Waals surface area contributed by atoms with Gasteiger partial charge in [-0.05, 0) is 193 Å². The topological polar surface area (TPSA) is 6.48 Å². The number of aryl methyl sites for hydroxylation is 1. The monoisotopic (exact) mass is 877 g/mol. The van der Waals surface area contributed by atoms with Crippen molar-refractivity contribution < 1.29 is 0 Å². The van der Waals surface area contributed by atoms with Gasteiger partial charge >= 0.3 is 0 Å². The fourth-order valence-electron chi connectivity index (χ4n) is 12.9. The lowest BCUT2D eigenvalue weighted by Gasteiger charge is -2.52. The van der Waals surface area contributed by atoms with E-state index in [-0.39, 0.29) is 44.6 Å². The number of benzene rings is 5. The van der Waals surface area contributed by atoms with Gasteiger partial charge in [0, 0.05) is 43.3 Å². The van der Waals surface area contributed by atoms with Gasteiger partial charge in [0.25, 0.3) is 6.71 Å². The number of anilines is 6. The van der Waals surface area contributed by atoms with E-state index in [9.17, 15) is 0 Å². The first-order valence-corrected chi connectivity index (χ1v) is 25.8. The SMILES string of the molecule is Cc1cc2c3c(c1)N(c1ccc4c(c1)C(C)(C)CCC4(C)C)c1c(sc4cc5c(cc14)C1(C)CCC5(C)CC1)B3c1cc(C(C)(C)C)ccc1N2c1cc(C(C)(C)C)cc(C(C)(C)C)c1. The van der Waals surface area contributed by atoms with Crippen LogP contribution in [0.25, 0.3) is 10.1 Å². The number of fused-ring (bicyclic) bond motifs is 9. The van der Waals surface area contributed by atoms with Crippen molar-refractivity contribution in [1.29, 1.82) is 0 Å². The fourth-order valence-corrected chi connectivity index (χ4v) is 14.2. The molecule has 2 bridgehead atoms. The van der Waals surface area contributed by atoms with E-state index in [0.29, 0.717) is 0 Å². The van der Waals surface area contributed by atoms with Crippen LogP contribution in [0.2, 0.25) is 0 Å². The van der Waals surface area contributed by atoms with Crippen molar-refractivity contribution in [2.45, 2.75) is 187 Å². The normalized spacial score (nSPS) is 22.7. The molecule has 4 aliphatic carbocycles. The summed E-state index contributed by atoms with van der Waals surface area (Å²) >= 11 is 2.09. The van der Waals surface area contributed by atoms with Gasteiger partial charge in [0.1, 0.15) is 0 Å². The second-order valence-corrected chi connectivity index (χ2v) is 27.5. The van der Waals surface area contributed by atoms with E-state index in [4.69, 9.17) is 0 Å². The van der Waals surface area contributed by atoms with Gasteiger partial charge in [0.2, 0.25) is 0 Å². The van der Waals surface area contributed by atoms with Crippen LogP contribution in [0.3, 0.4) is 0 Å². The number of hydrogen-bond donors (Lipinski definition) is 0. The smallest absolute Gasteiger partial charge is 0.264 e. The van der Waals surface area contributed by atoms with Crippen molar-refractivity contribution in [1.82, 2.24) is 0 Å². The van der Waals surface area contributed by atoms with Gasteiger partial charge in [0.15, 0.2) is 0 Å². The van der Waals surface area contributed by atoms with Crippen molar-refractivity contribution in [3.63, 3.8) is 0 Å². The molecule has 336 valence electrons. The molecular formula is C61H73BN2S. The summed E-state index contributed by atoms with van der Waals surface area (Å²) in [6.45, 7) is 38.8. The first-order chi connectivity index (χ1) is 30.2. The van der Waals surface area contributed by atoms with Crippen molar-refractivity contribution >= 4 is 78.0 Å². The molecule has 1 aromatic heterocycles. The molecule has 12 rings (SSSR count).